The largest absolute Gasteiger partial charge is 0.468 e. The van der Waals surface area contributed by atoms with Crippen LogP contribution in [-0.4, -0.2) is 57.4 Å². The summed E-state index contributed by atoms with van der Waals surface area (Å²) >= 11 is 0. The van der Waals surface area contributed by atoms with Crippen molar-refractivity contribution in [2.24, 2.45) is 0 Å². The zero-order chi connectivity index (χ0) is 14.4. The van der Waals surface area contributed by atoms with Crippen LogP contribution in [0.3, 0.4) is 0 Å². The number of nitrogens with one attached hydrogen (secondary N) is 2. The highest BCUT2D eigenvalue weighted by molar-refractivity contribution is 5.05. The first-order valence-corrected chi connectivity index (χ1v) is 7.41. The first-order valence-electron chi connectivity index (χ1n) is 7.41. The predicted molar refractivity (Wildman–Crippen MR) is 79.8 cm³/mol. The minimum absolute atomic E-state index is 0.267. The molecule has 2 heterocycles. The van der Waals surface area contributed by atoms with Crippen molar-refractivity contribution < 1.29 is 9.15 Å². The molecule has 0 amide bonds. The van der Waals surface area contributed by atoms with Crippen molar-refractivity contribution in [1.82, 2.24) is 15.5 Å². The molecule has 3 unspecified atom stereocenters. The van der Waals surface area contributed by atoms with Crippen LogP contribution in [0.1, 0.15) is 25.1 Å². The monoisotopic (exact) mass is 281 g/mol. The lowest BCUT2D eigenvalue weighted by Gasteiger charge is -2.29. The van der Waals surface area contributed by atoms with Crippen molar-refractivity contribution in [3.05, 3.63) is 24.2 Å². The van der Waals surface area contributed by atoms with Crippen LogP contribution in [0.4, 0.5) is 0 Å². The molecule has 1 aromatic rings. The van der Waals surface area contributed by atoms with Gasteiger partial charge in [-0.3, -0.25) is 4.90 Å². The molecule has 0 bridgehead atoms. The minimum atomic E-state index is 0.267. The number of ether oxygens (including phenoxy) is 1. The molecule has 1 fully saturated rings. The van der Waals surface area contributed by atoms with Crippen LogP contribution in [0.5, 0.6) is 0 Å². The third-order valence-electron chi connectivity index (χ3n) is 3.79. The molecule has 1 saturated heterocycles. The molecule has 20 heavy (non-hydrogen) atoms. The molecule has 0 saturated carbocycles. The Kier molecular flexibility index (Phi) is 6.04. The molecule has 0 aliphatic carbocycles. The Morgan fingerprint density at radius 3 is 2.95 bits per heavy atom. The van der Waals surface area contributed by atoms with Crippen molar-refractivity contribution in [1.29, 1.82) is 0 Å². The number of hydrogen-bond donors (Lipinski definition) is 2. The summed E-state index contributed by atoms with van der Waals surface area (Å²) in [6, 6.07) is 5.16. The summed E-state index contributed by atoms with van der Waals surface area (Å²) in [6.07, 6.45) is 2.82. The molecule has 0 spiro atoms. The van der Waals surface area contributed by atoms with Gasteiger partial charge in [-0.1, -0.05) is 0 Å². The number of likely N-dealkylation sites (N-methyl/N-ethyl adjacent to an activating group) is 1. The summed E-state index contributed by atoms with van der Waals surface area (Å²) in [6.45, 7) is 5.73. The van der Waals surface area contributed by atoms with Gasteiger partial charge in [0.25, 0.3) is 0 Å². The van der Waals surface area contributed by atoms with E-state index in [1.807, 2.05) is 12.1 Å². The van der Waals surface area contributed by atoms with E-state index in [2.05, 4.69) is 36.6 Å². The highest BCUT2D eigenvalue weighted by Crippen LogP contribution is 2.18. The summed E-state index contributed by atoms with van der Waals surface area (Å²) in [5.74, 6) is 1.01. The second-order valence-electron chi connectivity index (χ2n) is 5.77. The van der Waals surface area contributed by atoms with E-state index < -0.39 is 0 Å². The summed E-state index contributed by atoms with van der Waals surface area (Å²) < 4.78 is 11.0. The first-order chi connectivity index (χ1) is 9.66. The van der Waals surface area contributed by atoms with Gasteiger partial charge in [0.1, 0.15) is 5.76 Å². The molecule has 1 aromatic heterocycles. The molecule has 3 atom stereocenters. The van der Waals surface area contributed by atoms with Crippen LogP contribution in [0.2, 0.25) is 0 Å². The first kappa shape index (κ1) is 15.5. The maximum atomic E-state index is 5.53. The Morgan fingerprint density at radius 2 is 2.35 bits per heavy atom. The van der Waals surface area contributed by atoms with Crippen molar-refractivity contribution in [2.75, 3.05) is 40.4 Å². The molecule has 0 radical (unpaired) electrons. The SMILES string of the molecule is CC(CC1COCCN1)NCC(c1ccco1)N(C)C. The zero-order valence-electron chi connectivity index (χ0n) is 12.8. The highest BCUT2D eigenvalue weighted by Gasteiger charge is 2.20. The van der Waals surface area contributed by atoms with Crippen LogP contribution in [0.25, 0.3) is 0 Å². The third kappa shape index (κ3) is 4.59. The predicted octanol–water partition coefficient (Wildman–Crippen LogP) is 1.24. The Balaban J connectivity index is 1.77. The molecule has 5 nitrogen and oxygen atoms in total. The van der Waals surface area contributed by atoms with Gasteiger partial charge in [-0.05, 0) is 39.6 Å². The van der Waals surface area contributed by atoms with Gasteiger partial charge in [-0.15, -0.1) is 0 Å². The number of morpholine rings is 1. The van der Waals surface area contributed by atoms with E-state index in [9.17, 15) is 0 Å². The highest BCUT2D eigenvalue weighted by atomic mass is 16.5. The molecular weight excluding hydrogens is 254 g/mol. The van der Waals surface area contributed by atoms with Gasteiger partial charge in [0, 0.05) is 25.2 Å². The van der Waals surface area contributed by atoms with E-state index in [4.69, 9.17) is 9.15 Å². The van der Waals surface area contributed by atoms with Gasteiger partial charge >= 0.3 is 0 Å². The Labute approximate surface area is 121 Å². The van der Waals surface area contributed by atoms with Crippen LogP contribution in [-0.2, 0) is 4.74 Å². The standard InChI is InChI=1S/C15H27N3O2/c1-12(9-13-11-19-8-6-16-13)17-10-14(18(2)3)15-5-4-7-20-15/h4-5,7,12-14,16-17H,6,8-11H2,1-3H3. The topological polar surface area (TPSA) is 49.7 Å². The van der Waals surface area contributed by atoms with E-state index in [-0.39, 0.29) is 6.04 Å². The lowest BCUT2D eigenvalue weighted by molar-refractivity contribution is 0.0709. The summed E-state index contributed by atoms with van der Waals surface area (Å²) in [5, 5.41) is 7.10. The van der Waals surface area contributed by atoms with E-state index in [0.29, 0.717) is 12.1 Å². The number of furan rings is 1. The van der Waals surface area contributed by atoms with Crippen molar-refractivity contribution >= 4 is 0 Å². The van der Waals surface area contributed by atoms with Gasteiger partial charge in [-0.2, -0.15) is 0 Å². The molecule has 114 valence electrons. The normalized spacial score (nSPS) is 22.9. The average molecular weight is 281 g/mol. The van der Waals surface area contributed by atoms with Gasteiger partial charge in [0.15, 0.2) is 0 Å². The lowest BCUT2D eigenvalue weighted by atomic mass is 10.1. The van der Waals surface area contributed by atoms with Crippen molar-refractivity contribution in [2.45, 2.75) is 31.5 Å². The fraction of sp³-hybridized carbons (Fsp3) is 0.733. The zero-order valence-corrected chi connectivity index (χ0v) is 12.8. The second-order valence-corrected chi connectivity index (χ2v) is 5.77. The molecule has 1 aliphatic rings. The van der Waals surface area contributed by atoms with E-state index in [1.54, 1.807) is 6.26 Å². The molecule has 2 rings (SSSR count). The molecule has 1 aliphatic heterocycles. The molecule has 5 heteroatoms. The smallest absolute Gasteiger partial charge is 0.122 e. The fourth-order valence-corrected chi connectivity index (χ4v) is 2.61. The van der Waals surface area contributed by atoms with E-state index in [0.717, 1.165) is 38.5 Å². The van der Waals surface area contributed by atoms with Crippen LogP contribution < -0.4 is 10.6 Å². The molecule has 2 N–H and O–H groups in total. The van der Waals surface area contributed by atoms with Crippen LogP contribution >= 0.6 is 0 Å². The Hall–Kier alpha value is -0.880. The van der Waals surface area contributed by atoms with E-state index >= 15 is 0 Å². The van der Waals surface area contributed by atoms with Gasteiger partial charge in [0.2, 0.25) is 0 Å². The van der Waals surface area contributed by atoms with Crippen LogP contribution in [0, 0.1) is 0 Å². The van der Waals surface area contributed by atoms with Crippen LogP contribution in [0.15, 0.2) is 22.8 Å². The third-order valence-corrected chi connectivity index (χ3v) is 3.79. The van der Waals surface area contributed by atoms with Gasteiger partial charge in [-0.25, -0.2) is 0 Å². The summed E-state index contributed by atoms with van der Waals surface area (Å²) in [5.41, 5.74) is 0. The summed E-state index contributed by atoms with van der Waals surface area (Å²) in [4.78, 5) is 2.18. The van der Waals surface area contributed by atoms with Crippen molar-refractivity contribution in [3.8, 4) is 0 Å². The van der Waals surface area contributed by atoms with E-state index in [1.165, 1.54) is 0 Å². The molecule has 0 aromatic carbocycles. The van der Waals surface area contributed by atoms with Gasteiger partial charge in [0.05, 0.1) is 25.5 Å². The number of nitrogens with zero attached hydrogens (tertiary/aromatic N) is 1. The lowest BCUT2D eigenvalue weighted by Crippen LogP contribution is -2.46. The quantitative estimate of drug-likeness (QED) is 0.787. The van der Waals surface area contributed by atoms with Gasteiger partial charge < -0.3 is 19.8 Å². The Bertz CT molecular complexity index is 361. The summed E-state index contributed by atoms with van der Waals surface area (Å²) in [7, 11) is 4.16. The van der Waals surface area contributed by atoms with Crippen molar-refractivity contribution in [3.63, 3.8) is 0 Å². The number of hydrogen-bond acceptors (Lipinski definition) is 5. The minimum Gasteiger partial charge on any atom is -0.468 e. The maximum Gasteiger partial charge on any atom is 0.122 e. The molecular formula is C15H27N3O2. The fourth-order valence-electron chi connectivity index (χ4n) is 2.61. The second kappa shape index (κ2) is 7.78. The number of rotatable bonds is 7. The average Bonchev–Trinajstić information content (AvgIpc) is 2.93. The maximum absolute atomic E-state index is 5.53. The Morgan fingerprint density at radius 1 is 1.50 bits per heavy atom.